The summed E-state index contributed by atoms with van der Waals surface area (Å²) in [6.07, 6.45) is 0.340. The quantitative estimate of drug-likeness (QED) is 0.728. The van der Waals surface area contributed by atoms with E-state index in [1.165, 1.54) is 0 Å². The molecule has 0 radical (unpaired) electrons. The first kappa shape index (κ1) is 19.8. The highest BCUT2D eigenvalue weighted by Crippen LogP contribution is 2.29. The molecule has 0 saturated carbocycles. The number of ether oxygens (including phenoxy) is 3. The summed E-state index contributed by atoms with van der Waals surface area (Å²) in [5, 5.41) is 6.27. The molecule has 3 rings (SSSR count). The molecule has 0 aliphatic carbocycles. The summed E-state index contributed by atoms with van der Waals surface area (Å²) < 4.78 is 15.9. The third-order valence-corrected chi connectivity index (χ3v) is 4.61. The average Bonchev–Trinajstić information content (AvgIpc) is 2.75. The molecule has 1 aliphatic rings. The molecular weight excluding hydrogens is 358 g/mol. The predicted molar refractivity (Wildman–Crippen MR) is 111 cm³/mol. The van der Waals surface area contributed by atoms with Crippen LogP contribution in [0.4, 0.5) is 17.1 Å². The maximum atomic E-state index is 12.3. The highest BCUT2D eigenvalue weighted by atomic mass is 16.5. The smallest absolute Gasteiger partial charge is 0.226 e. The van der Waals surface area contributed by atoms with E-state index in [1.807, 2.05) is 18.2 Å². The first-order valence-electron chi connectivity index (χ1n) is 9.38. The van der Waals surface area contributed by atoms with Crippen LogP contribution >= 0.6 is 0 Å². The third-order valence-electron chi connectivity index (χ3n) is 4.61. The van der Waals surface area contributed by atoms with Crippen LogP contribution in [0.5, 0.6) is 11.5 Å². The van der Waals surface area contributed by atoms with Crippen molar-refractivity contribution in [3.05, 3.63) is 42.5 Å². The summed E-state index contributed by atoms with van der Waals surface area (Å²) in [5.41, 5.74) is 2.80. The molecule has 2 aromatic rings. The second-order valence-electron chi connectivity index (χ2n) is 6.41. The number of nitrogens with one attached hydrogen (secondary N) is 2. The lowest BCUT2D eigenvalue weighted by molar-refractivity contribution is -0.116. The van der Waals surface area contributed by atoms with Crippen molar-refractivity contribution in [2.45, 2.75) is 6.42 Å². The van der Waals surface area contributed by atoms with Crippen LogP contribution in [0.3, 0.4) is 0 Å². The number of anilines is 3. The van der Waals surface area contributed by atoms with Gasteiger partial charge in [0.25, 0.3) is 0 Å². The summed E-state index contributed by atoms with van der Waals surface area (Å²) in [6, 6.07) is 13.5. The van der Waals surface area contributed by atoms with E-state index in [1.54, 1.807) is 32.4 Å². The molecule has 0 atom stereocenters. The molecule has 0 aromatic heterocycles. The lowest BCUT2D eigenvalue weighted by Crippen LogP contribution is -2.36. The van der Waals surface area contributed by atoms with Gasteiger partial charge in [0.1, 0.15) is 11.5 Å². The Kier molecular flexibility index (Phi) is 6.97. The van der Waals surface area contributed by atoms with Crippen LogP contribution in [-0.2, 0) is 9.53 Å². The molecule has 0 unspecified atom stereocenters. The fourth-order valence-corrected chi connectivity index (χ4v) is 3.13. The topological polar surface area (TPSA) is 72.1 Å². The summed E-state index contributed by atoms with van der Waals surface area (Å²) >= 11 is 0. The Morgan fingerprint density at radius 2 is 1.86 bits per heavy atom. The van der Waals surface area contributed by atoms with Crippen LogP contribution in [0, 0.1) is 0 Å². The Bertz CT molecular complexity index is 791. The lowest BCUT2D eigenvalue weighted by atomic mass is 10.2. The number of carbonyl (C=O) groups is 1. The number of carbonyl (C=O) groups excluding carboxylic acids is 1. The highest BCUT2D eigenvalue weighted by Gasteiger charge is 2.14. The van der Waals surface area contributed by atoms with Gasteiger partial charge in [-0.15, -0.1) is 0 Å². The van der Waals surface area contributed by atoms with Gasteiger partial charge in [0.05, 0.1) is 44.5 Å². The number of para-hydroxylation sites is 2. The van der Waals surface area contributed by atoms with E-state index in [9.17, 15) is 4.79 Å². The molecule has 1 saturated heterocycles. The van der Waals surface area contributed by atoms with Crippen molar-refractivity contribution in [3.63, 3.8) is 0 Å². The summed E-state index contributed by atoms with van der Waals surface area (Å²) in [4.78, 5) is 14.6. The van der Waals surface area contributed by atoms with E-state index in [2.05, 4.69) is 21.6 Å². The zero-order valence-corrected chi connectivity index (χ0v) is 16.4. The van der Waals surface area contributed by atoms with Crippen molar-refractivity contribution in [2.24, 2.45) is 0 Å². The average molecular weight is 385 g/mol. The summed E-state index contributed by atoms with van der Waals surface area (Å²) in [6.45, 7) is 3.75. The molecule has 1 heterocycles. The maximum Gasteiger partial charge on any atom is 0.226 e. The molecule has 0 spiro atoms. The van der Waals surface area contributed by atoms with E-state index in [0.717, 1.165) is 37.7 Å². The second kappa shape index (κ2) is 9.85. The monoisotopic (exact) mass is 385 g/mol. The summed E-state index contributed by atoms with van der Waals surface area (Å²) in [7, 11) is 3.15. The van der Waals surface area contributed by atoms with Gasteiger partial charge in [-0.1, -0.05) is 12.1 Å². The first-order valence-corrected chi connectivity index (χ1v) is 9.38. The minimum Gasteiger partial charge on any atom is -0.497 e. The number of rotatable bonds is 8. The minimum absolute atomic E-state index is 0.0835. The van der Waals surface area contributed by atoms with Gasteiger partial charge in [0.2, 0.25) is 5.91 Å². The Labute approximate surface area is 165 Å². The predicted octanol–water partition coefficient (Wildman–Crippen LogP) is 2.98. The van der Waals surface area contributed by atoms with E-state index in [-0.39, 0.29) is 5.91 Å². The Hall–Kier alpha value is -2.93. The van der Waals surface area contributed by atoms with Gasteiger partial charge in [-0.3, -0.25) is 4.79 Å². The van der Waals surface area contributed by atoms with Gasteiger partial charge < -0.3 is 29.7 Å². The largest absolute Gasteiger partial charge is 0.497 e. The number of morpholine rings is 1. The number of hydrogen-bond donors (Lipinski definition) is 2. The van der Waals surface area contributed by atoms with Gasteiger partial charge in [0.15, 0.2) is 0 Å². The Balaban J connectivity index is 1.55. The number of methoxy groups -OCH3 is 2. The standard InChI is InChI=1S/C21H27N3O4/c1-26-16-7-8-18(20(15-16)27-2)23-21(25)9-10-22-17-5-3-4-6-19(17)24-11-13-28-14-12-24/h3-8,15,22H,9-14H2,1-2H3,(H,23,25). The van der Waals surface area contributed by atoms with Crippen molar-refractivity contribution in [2.75, 3.05) is 62.6 Å². The SMILES string of the molecule is COc1ccc(NC(=O)CCNc2ccccc2N2CCOCC2)c(OC)c1. The van der Waals surface area contributed by atoms with E-state index in [4.69, 9.17) is 14.2 Å². The zero-order valence-electron chi connectivity index (χ0n) is 16.4. The molecule has 7 nitrogen and oxygen atoms in total. The molecule has 28 heavy (non-hydrogen) atoms. The molecule has 0 bridgehead atoms. The molecule has 1 aliphatic heterocycles. The molecule has 1 fully saturated rings. The third kappa shape index (κ3) is 5.07. The van der Waals surface area contributed by atoms with Crippen molar-refractivity contribution >= 4 is 23.0 Å². The fraction of sp³-hybridized carbons (Fsp3) is 0.381. The fourth-order valence-electron chi connectivity index (χ4n) is 3.13. The molecule has 1 amide bonds. The maximum absolute atomic E-state index is 12.3. The minimum atomic E-state index is -0.0835. The molecule has 150 valence electrons. The highest BCUT2D eigenvalue weighted by molar-refractivity contribution is 5.92. The molecule has 7 heteroatoms. The van der Waals surface area contributed by atoms with Gasteiger partial charge in [-0.2, -0.15) is 0 Å². The van der Waals surface area contributed by atoms with Crippen LogP contribution in [-0.4, -0.2) is 53.0 Å². The van der Waals surface area contributed by atoms with Gasteiger partial charge in [0, 0.05) is 32.1 Å². The first-order chi connectivity index (χ1) is 13.7. The van der Waals surface area contributed by atoms with Gasteiger partial charge in [-0.25, -0.2) is 0 Å². The van der Waals surface area contributed by atoms with Gasteiger partial charge >= 0.3 is 0 Å². The van der Waals surface area contributed by atoms with Crippen LogP contribution in [0.15, 0.2) is 42.5 Å². The molecular formula is C21H27N3O4. The number of hydrogen-bond acceptors (Lipinski definition) is 6. The lowest BCUT2D eigenvalue weighted by Gasteiger charge is -2.30. The van der Waals surface area contributed by atoms with Gasteiger partial charge in [-0.05, 0) is 24.3 Å². The Morgan fingerprint density at radius 3 is 2.61 bits per heavy atom. The zero-order chi connectivity index (χ0) is 19.8. The van der Waals surface area contributed by atoms with Crippen molar-refractivity contribution in [3.8, 4) is 11.5 Å². The van der Waals surface area contributed by atoms with Crippen LogP contribution in [0.1, 0.15) is 6.42 Å². The van der Waals surface area contributed by atoms with Crippen LogP contribution < -0.4 is 25.0 Å². The number of benzene rings is 2. The van der Waals surface area contributed by atoms with Crippen molar-refractivity contribution < 1.29 is 19.0 Å². The molecule has 2 N–H and O–H groups in total. The second-order valence-corrected chi connectivity index (χ2v) is 6.41. The van der Waals surface area contributed by atoms with Crippen LogP contribution in [0.2, 0.25) is 0 Å². The van der Waals surface area contributed by atoms with Crippen LogP contribution in [0.25, 0.3) is 0 Å². The van der Waals surface area contributed by atoms with E-state index >= 15 is 0 Å². The van der Waals surface area contributed by atoms with Crippen molar-refractivity contribution in [1.29, 1.82) is 0 Å². The number of nitrogens with zero attached hydrogens (tertiary/aromatic N) is 1. The summed E-state index contributed by atoms with van der Waals surface area (Å²) in [5.74, 6) is 1.16. The van der Waals surface area contributed by atoms with Crippen molar-refractivity contribution in [1.82, 2.24) is 0 Å². The normalized spacial score (nSPS) is 13.7. The molecule has 2 aromatic carbocycles. The van der Waals surface area contributed by atoms with E-state index < -0.39 is 0 Å². The number of amides is 1. The Morgan fingerprint density at radius 1 is 1.07 bits per heavy atom. The van der Waals surface area contributed by atoms with E-state index in [0.29, 0.717) is 30.2 Å².